The SMILES string of the molecule is Cc1ccc(C(=O)O)c(CCCOc2ccc(CO[Si](C)(C)C(C)(C)C)cc2O)c1. The van der Waals surface area contributed by atoms with Gasteiger partial charge in [-0.1, -0.05) is 44.5 Å². The molecular formula is C24H34O5Si. The fraction of sp³-hybridized carbons (Fsp3) is 0.458. The number of aromatic carboxylic acids is 1. The highest BCUT2D eigenvalue weighted by atomic mass is 28.4. The van der Waals surface area contributed by atoms with E-state index in [1.165, 1.54) is 0 Å². The van der Waals surface area contributed by atoms with Gasteiger partial charge >= 0.3 is 5.97 Å². The molecule has 30 heavy (non-hydrogen) atoms. The highest BCUT2D eigenvalue weighted by Gasteiger charge is 2.37. The van der Waals surface area contributed by atoms with Crippen molar-refractivity contribution in [2.75, 3.05) is 6.61 Å². The maximum absolute atomic E-state index is 11.4. The van der Waals surface area contributed by atoms with Gasteiger partial charge in [0, 0.05) is 0 Å². The summed E-state index contributed by atoms with van der Waals surface area (Å²) in [5.74, 6) is -0.402. The first-order chi connectivity index (χ1) is 13.9. The van der Waals surface area contributed by atoms with E-state index in [9.17, 15) is 15.0 Å². The van der Waals surface area contributed by atoms with Gasteiger partial charge in [0.2, 0.25) is 0 Å². The van der Waals surface area contributed by atoms with Crippen molar-refractivity contribution in [1.82, 2.24) is 0 Å². The molecule has 2 aromatic rings. The van der Waals surface area contributed by atoms with Gasteiger partial charge in [-0.15, -0.1) is 0 Å². The van der Waals surface area contributed by atoms with Gasteiger partial charge in [-0.25, -0.2) is 4.79 Å². The minimum absolute atomic E-state index is 0.0908. The Morgan fingerprint density at radius 2 is 1.80 bits per heavy atom. The van der Waals surface area contributed by atoms with Crippen LogP contribution in [0.25, 0.3) is 0 Å². The number of rotatable bonds is 9. The van der Waals surface area contributed by atoms with Crippen molar-refractivity contribution in [3.63, 3.8) is 0 Å². The molecule has 2 N–H and O–H groups in total. The van der Waals surface area contributed by atoms with Crippen LogP contribution in [0, 0.1) is 6.92 Å². The van der Waals surface area contributed by atoms with Gasteiger partial charge in [-0.3, -0.25) is 0 Å². The minimum atomic E-state index is -1.85. The molecule has 0 bridgehead atoms. The molecular weight excluding hydrogens is 396 g/mol. The van der Waals surface area contributed by atoms with Crippen LogP contribution in [0.5, 0.6) is 11.5 Å². The Kier molecular flexibility index (Phi) is 7.72. The highest BCUT2D eigenvalue weighted by molar-refractivity contribution is 6.74. The molecule has 2 aromatic carbocycles. The van der Waals surface area contributed by atoms with Crippen molar-refractivity contribution in [3.8, 4) is 11.5 Å². The zero-order valence-electron chi connectivity index (χ0n) is 18.9. The van der Waals surface area contributed by atoms with Gasteiger partial charge in [0.15, 0.2) is 19.8 Å². The van der Waals surface area contributed by atoms with Crippen LogP contribution < -0.4 is 4.74 Å². The Morgan fingerprint density at radius 1 is 1.10 bits per heavy atom. The lowest BCUT2D eigenvalue weighted by Crippen LogP contribution is -2.40. The third kappa shape index (κ3) is 6.34. The summed E-state index contributed by atoms with van der Waals surface area (Å²) >= 11 is 0. The minimum Gasteiger partial charge on any atom is -0.504 e. The number of phenols is 1. The van der Waals surface area contributed by atoms with Crippen LogP contribution >= 0.6 is 0 Å². The van der Waals surface area contributed by atoms with Crippen molar-refractivity contribution in [3.05, 3.63) is 58.7 Å². The predicted octanol–water partition coefficient (Wildman–Crippen LogP) is 5.93. The van der Waals surface area contributed by atoms with E-state index < -0.39 is 14.3 Å². The van der Waals surface area contributed by atoms with Crippen LogP contribution in [-0.2, 0) is 17.5 Å². The van der Waals surface area contributed by atoms with Gasteiger partial charge < -0.3 is 19.4 Å². The summed E-state index contributed by atoms with van der Waals surface area (Å²) < 4.78 is 11.9. The summed E-state index contributed by atoms with van der Waals surface area (Å²) in [6.07, 6.45) is 1.25. The van der Waals surface area contributed by atoms with Crippen LogP contribution in [0.1, 0.15) is 54.2 Å². The van der Waals surface area contributed by atoms with Crippen molar-refractivity contribution in [1.29, 1.82) is 0 Å². The monoisotopic (exact) mass is 430 g/mol. The Bertz CT molecular complexity index is 884. The number of hydrogen-bond donors (Lipinski definition) is 2. The third-order valence-electron chi connectivity index (χ3n) is 5.77. The zero-order chi connectivity index (χ0) is 22.5. The Balaban J connectivity index is 1.90. The Labute approximate surface area is 180 Å². The molecule has 0 radical (unpaired) electrons. The van der Waals surface area contributed by atoms with E-state index in [1.54, 1.807) is 24.3 Å². The molecule has 2 rings (SSSR count). The van der Waals surface area contributed by atoms with E-state index in [4.69, 9.17) is 9.16 Å². The fourth-order valence-electron chi connectivity index (χ4n) is 2.84. The van der Waals surface area contributed by atoms with Crippen molar-refractivity contribution in [2.45, 2.75) is 65.3 Å². The molecule has 5 nitrogen and oxygen atoms in total. The maximum atomic E-state index is 11.4. The molecule has 0 heterocycles. The molecule has 0 aliphatic rings. The second-order valence-electron chi connectivity index (χ2n) is 9.27. The van der Waals surface area contributed by atoms with Gasteiger partial charge in [0.1, 0.15) is 0 Å². The van der Waals surface area contributed by atoms with Crippen molar-refractivity contribution in [2.24, 2.45) is 0 Å². The number of aromatic hydroxyl groups is 1. The largest absolute Gasteiger partial charge is 0.504 e. The number of benzene rings is 2. The van der Waals surface area contributed by atoms with E-state index in [-0.39, 0.29) is 10.8 Å². The zero-order valence-corrected chi connectivity index (χ0v) is 19.9. The van der Waals surface area contributed by atoms with Gasteiger partial charge in [0.25, 0.3) is 0 Å². The van der Waals surface area contributed by atoms with Crippen LogP contribution in [0.2, 0.25) is 18.1 Å². The summed E-state index contributed by atoms with van der Waals surface area (Å²) in [5.41, 5.74) is 3.07. The second-order valence-corrected chi connectivity index (χ2v) is 14.1. The lowest BCUT2D eigenvalue weighted by Gasteiger charge is -2.36. The second kappa shape index (κ2) is 9.66. The Hall–Kier alpha value is -2.31. The first-order valence-corrected chi connectivity index (χ1v) is 13.2. The van der Waals surface area contributed by atoms with Crippen LogP contribution in [0.3, 0.4) is 0 Å². The molecule has 0 saturated carbocycles. The summed E-state index contributed by atoms with van der Waals surface area (Å²) in [4.78, 5) is 11.4. The highest BCUT2D eigenvalue weighted by Crippen LogP contribution is 2.37. The number of carboxylic acid groups (broad SMARTS) is 1. The van der Waals surface area contributed by atoms with E-state index in [1.807, 2.05) is 19.1 Å². The predicted molar refractivity (Wildman–Crippen MR) is 122 cm³/mol. The van der Waals surface area contributed by atoms with Gasteiger partial charge in [0.05, 0.1) is 18.8 Å². The molecule has 0 saturated heterocycles. The van der Waals surface area contributed by atoms with Crippen molar-refractivity contribution < 1.29 is 24.2 Å². The summed E-state index contributed by atoms with van der Waals surface area (Å²) in [6, 6.07) is 10.7. The molecule has 0 amide bonds. The molecule has 0 spiro atoms. The first kappa shape index (κ1) is 24.0. The molecule has 0 aliphatic heterocycles. The van der Waals surface area contributed by atoms with Crippen LogP contribution in [0.4, 0.5) is 0 Å². The Morgan fingerprint density at radius 3 is 2.40 bits per heavy atom. The lowest BCUT2D eigenvalue weighted by atomic mass is 10.0. The summed E-state index contributed by atoms with van der Waals surface area (Å²) in [6.45, 7) is 13.8. The number of carboxylic acids is 1. The number of ether oxygens (including phenoxy) is 1. The number of hydrogen-bond acceptors (Lipinski definition) is 4. The number of phenolic OH excluding ortho intramolecular Hbond substituents is 1. The molecule has 164 valence electrons. The number of aryl methyl sites for hydroxylation is 2. The van der Waals surface area contributed by atoms with Crippen LogP contribution in [0.15, 0.2) is 36.4 Å². The van der Waals surface area contributed by atoms with E-state index in [0.717, 1.165) is 16.7 Å². The van der Waals surface area contributed by atoms with E-state index in [2.05, 4.69) is 33.9 Å². The summed E-state index contributed by atoms with van der Waals surface area (Å²) in [5, 5.41) is 19.8. The fourth-order valence-corrected chi connectivity index (χ4v) is 3.80. The first-order valence-electron chi connectivity index (χ1n) is 10.3. The van der Waals surface area contributed by atoms with Crippen LogP contribution in [-0.4, -0.2) is 31.1 Å². The molecule has 0 fully saturated rings. The maximum Gasteiger partial charge on any atom is 0.335 e. The number of carbonyl (C=O) groups is 1. The van der Waals surface area contributed by atoms with Gasteiger partial charge in [-0.05, 0) is 67.2 Å². The molecule has 6 heteroatoms. The molecule has 0 aliphatic carbocycles. The molecule has 0 unspecified atom stereocenters. The van der Waals surface area contributed by atoms with E-state index >= 15 is 0 Å². The third-order valence-corrected chi connectivity index (χ3v) is 10.2. The lowest BCUT2D eigenvalue weighted by molar-refractivity contribution is 0.0695. The molecule has 0 atom stereocenters. The smallest absolute Gasteiger partial charge is 0.335 e. The van der Waals surface area contributed by atoms with Crippen molar-refractivity contribution >= 4 is 14.3 Å². The molecule has 0 aromatic heterocycles. The topological polar surface area (TPSA) is 76.0 Å². The average molecular weight is 431 g/mol. The average Bonchev–Trinajstić information content (AvgIpc) is 2.63. The van der Waals surface area contributed by atoms with E-state index in [0.29, 0.717) is 37.4 Å². The standard InChI is InChI=1S/C24H34O5Si/c1-17-9-11-20(23(26)27)19(14-17)8-7-13-28-22-12-10-18(15-21(22)25)16-29-30(5,6)24(2,3)4/h9-12,14-15,25H,7-8,13,16H2,1-6H3,(H,26,27). The van der Waals surface area contributed by atoms with Gasteiger partial charge in [-0.2, -0.15) is 0 Å². The normalized spacial score (nSPS) is 12.1. The summed E-state index contributed by atoms with van der Waals surface area (Å²) in [7, 11) is -1.85. The quantitative estimate of drug-likeness (QED) is 0.381.